The Kier molecular flexibility index (Phi) is 5.04. The number of hydrogen-bond donors (Lipinski definition) is 0. The maximum absolute atomic E-state index is 13.5. The van der Waals surface area contributed by atoms with Gasteiger partial charge in [0.25, 0.3) is 5.91 Å². The number of ether oxygens (including phenoxy) is 1. The number of methoxy groups -OCH3 is 1. The molecule has 0 spiro atoms. The third-order valence-electron chi connectivity index (χ3n) is 4.93. The summed E-state index contributed by atoms with van der Waals surface area (Å²) in [5.74, 6) is 1.02. The lowest BCUT2D eigenvalue weighted by atomic mass is 9.99. The molecule has 1 aliphatic heterocycles. The number of anilines is 1. The molecule has 2 aromatic carbocycles. The monoisotopic (exact) mass is 416 g/mol. The van der Waals surface area contributed by atoms with Crippen molar-refractivity contribution in [2.24, 2.45) is 0 Å². The summed E-state index contributed by atoms with van der Waals surface area (Å²) in [6.45, 7) is 2.33. The van der Waals surface area contributed by atoms with Gasteiger partial charge in [0, 0.05) is 17.8 Å². The average Bonchev–Trinajstić information content (AvgIpc) is 3.07. The number of aryl methyl sites for hydroxylation is 2. The Balaban J connectivity index is 1.80. The first-order valence-corrected chi connectivity index (χ1v) is 9.66. The molecular weight excluding hydrogens is 399 g/mol. The second-order valence-corrected chi connectivity index (χ2v) is 7.43. The average molecular weight is 417 g/mol. The van der Waals surface area contributed by atoms with E-state index in [0.717, 1.165) is 29.8 Å². The topological polar surface area (TPSA) is 55.6 Å². The van der Waals surface area contributed by atoms with Crippen LogP contribution in [0.2, 0.25) is 10.0 Å². The summed E-state index contributed by atoms with van der Waals surface area (Å²) in [6.07, 6.45) is 1.75. The Morgan fingerprint density at radius 3 is 2.68 bits per heavy atom. The Labute approximate surface area is 172 Å². The van der Waals surface area contributed by atoms with Gasteiger partial charge in [0.1, 0.15) is 22.8 Å². The minimum Gasteiger partial charge on any atom is -0.497 e. The van der Waals surface area contributed by atoms with E-state index in [4.69, 9.17) is 32.5 Å². The van der Waals surface area contributed by atoms with Crippen molar-refractivity contribution in [3.05, 3.63) is 63.3 Å². The van der Waals surface area contributed by atoms with Crippen LogP contribution in [-0.2, 0) is 6.42 Å². The molecule has 1 aromatic heterocycles. The predicted molar refractivity (Wildman–Crippen MR) is 110 cm³/mol. The van der Waals surface area contributed by atoms with E-state index in [1.54, 1.807) is 37.1 Å². The van der Waals surface area contributed by atoms with Crippen LogP contribution in [0.4, 0.5) is 5.69 Å². The van der Waals surface area contributed by atoms with Gasteiger partial charge in [0.05, 0.1) is 17.2 Å². The molecule has 0 bridgehead atoms. The number of hydrogen-bond acceptors (Lipinski definition) is 4. The van der Waals surface area contributed by atoms with E-state index >= 15 is 0 Å². The van der Waals surface area contributed by atoms with Crippen molar-refractivity contribution >= 4 is 34.8 Å². The summed E-state index contributed by atoms with van der Waals surface area (Å²) in [5.41, 5.74) is 3.18. The summed E-state index contributed by atoms with van der Waals surface area (Å²) in [4.78, 5) is 15.3. The van der Waals surface area contributed by atoms with E-state index in [0.29, 0.717) is 39.2 Å². The van der Waals surface area contributed by atoms with Crippen molar-refractivity contribution in [3.8, 4) is 17.0 Å². The van der Waals surface area contributed by atoms with Crippen molar-refractivity contribution in [2.75, 3.05) is 18.6 Å². The van der Waals surface area contributed by atoms with Crippen LogP contribution in [0.5, 0.6) is 5.75 Å². The fourth-order valence-corrected chi connectivity index (χ4v) is 4.14. The summed E-state index contributed by atoms with van der Waals surface area (Å²) in [6, 6.07) is 10.9. The first-order valence-electron chi connectivity index (χ1n) is 8.90. The summed E-state index contributed by atoms with van der Waals surface area (Å²) >= 11 is 12.7. The minimum atomic E-state index is -0.184. The number of carbonyl (C=O) groups is 1. The van der Waals surface area contributed by atoms with Crippen LogP contribution in [0.3, 0.4) is 0 Å². The van der Waals surface area contributed by atoms with Crippen LogP contribution in [0.25, 0.3) is 11.3 Å². The fourth-order valence-electron chi connectivity index (χ4n) is 3.57. The van der Waals surface area contributed by atoms with Crippen molar-refractivity contribution < 1.29 is 14.1 Å². The van der Waals surface area contributed by atoms with Crippen LogP contribution >= 0.6 is 23.2 Å². The first-order chi connectivity index (χ1) is 13.5. The maximum atomic E-state index is 13.5. The standard InChI is InChI=1S/C21H18Cl2N2O3/c1-12-18(20(24-28-12)19-15(22)6-3-7-16(19)23)21(26)25-10-4-5-13-11-14(27-2)8-9-17(13)25/h3,6-9,11H,4-5,10H2,1-2H3. The van der Waals surface area contributed by atoms with Crippen LogP contribution in [0.15, 0.2) is 40.9 Å². The molecular formula is C21H18Cl2N2O3. The molecule has 2 heterocycles. The number of aromatic nitrogens is 1. The number of fused-ring (bicyclic) bond motifs is 1. The molecule has 4 rings (SSSR count). The van der Waals surface area contributed by atoms with Crippen LogP contribution in [0.1, 0.15) is 28.1 Å². The second kappa shape index (κ2) is 7.49. The molecule has 0 radical (unpaired) electrons. The number of amides is 1. The van der Waals surface area contributed by atoms with Gasteiger partial charge >= 0.3 is 0 Å². The molecule has 0 atom stereocenters. The van der Waals surface area contributed by atoms with Gasteiger partial charge in [-0.3, -0.25) is 4.79 Å². The lowest BCUT2D eigenvalue weighted by Gasteiger charge is -2.29. The lowest BCUT2D eigenvalue weighted by Crippen LogP contribution is -2.36. The molecule has 3 aromatic rings. The van der Waals surface area contributed by atoms with E-state index in [9.17, 15) is 4.79 Å². The van der Waals surface area contributed by atoms with Crippen LogP contribution < -0.4 is 9.64 Å². The van der Waals surface area contributed by atoms with Crippen molar-refractivity contribution in [1.82, 2.24) is 5.16 Å². The van der Waals surface area contributed by atoms with E-state index in [1.165, 1.54) is 0 Å². The Morgan fingerprint density at radius 2 is 1.96 bits per heavy atom. The number of nitrogens with zero attached hydrogens (tertiary/aromatic N) is 2. The van der Waals surface area contributed by atoms with E-state index < -0.39 is 0 Å². The molecule has 0 saturated carbocycles. The highest BCUT2D eigenvalue weighted by Gasteiger charge is 2.31. The summed E-state index contributed by atoms with van der Waals surface area (Å²) < 4.78 is 10.7. The highest BCUT2D eigenvalue weighted by atomic mass is 35.5. The van der Waals surface area contributed by atoms with Crippen LogP contribution in [-0.4, -0.2) is 24.7 Å². The van der Waals surface area contributed by atoms with E-state index in [2.05, 4.69) is 5.16 Å². The van der Waals surface area contributed by atoms with Gasteiger partial charge in [0.2, 0.25) is 0 Å². The smallest absolute Gasteiger partial charge is 0.264 e. The van der Waals surface area contributed by atoms with Gasteiger partial charge in [-0.05, 0) is 55.7 Å². The van der Waals surface area contributed by atoms with Gasteiger partial charge in [-0.25, -0.2) is 0 Å². The fraction of sp³-hybridized carbons (Fsp3) is 0.238. The minimum absolute atomic E-state index is 0.184. The molecule has 1 aliphatic rings. The second-order valence-electron chi connectivity index (χ2n) is 6.61. The highest BCUT2D eigenvalue weighted by Crippen LogP contribution is 2.39. The summed E-state index contributed by atoms with van der Waals surface area (Å²) in [5, 5.41) is 4.93. The quantitative estimate of drug-likeness (QED) is 0.560. The molecule has 144 valence electrons. The highest BCUT2D eigenvalue weighted by molar-refractivity contribution is 6.39. The molecule has 1 amide bonds. The molecule has 0 aliphatic carbocycles. The zero-order valence-electron chi connectivity index (χ0n) is 15.5. The number of carbonyl (C=O) groups excluding carboxylic acids is 1. The lowest BCUT2D eigenvalue weighted by molar-refractivity contribution is 0.0984. The van der Waals surface area contributed by atoms with Gasteiger partial charge in [-0.2, -0.15) is 0 Å². The predicted octanol–water partition coefficient (Wildman–Crippen LogP) is 5.56. The van der Waals surface area contributed by atoms with Gasteiger partial charge in [-0.15, -0.1) is 0 Å². The first kappa shape index (κ1) is 18.8. The molecule has 28 heavy (non-hydrogen) atoms. The zero-order chi connectivity index (χ0) is 19.8. The zero-order valence-corrected chi connectivity index (χ0v) is 17.0. The Morgan fingerprint density at radius 1 is 1.21 bits per heavy atom. The van der Waals surface area contributed by atoms with Gasteiger partial charge < -0.3 is 14.2 Å². The van der Waals surface area contributed by atoms with Gasteiger partial charge in [-0.1, -0.05) is 34.4 Å². The molecule has 0 unspecified atom stereocenters. The normalized spacial score (nSPS) is 13.4. The largest absolute Gasteiger partial charge is 0.497 e. The molecule has 0 saturated heterocycles. The van der Waals surface area contributed by atoms with Crippen molar-refractivity contribution in [3.63, 3.8) is 0 Å². The van der Waals surface area contributed by atoms with Crippen LogP contribution in [0, 0.1) is 6.92 Å². The Bertz CT molecular complexity index is 1040. The van der Waals surface area contributed by atoms with Gasteiger partial charge in [0.15, 0.2) is 0 Å². The van der Waals surface area contributed by atoms with Crippen molar-refractivity contribution in [1.29, 1.82) is 0 Å². The molecule has 7 heteroatoms. The molecule has 0 fully saturated rings. The van der Waals surface area contributed by atoms with E-state index in [1.807, 2.05) is 18.2 Å². The number of rotatable bonds is 3. The molecule has 0 N–H and O–H groups in total. The summed E-state index contributed by atoms with van der Waals surface area (Å²) in [7, 11) is 1.63. The number of halogens is 2. The van der Waals surface area contributed by atoms with Crippen molar-refractivity contribution in [2.45, 2.75) is 19.8 Å². The Hall–Kier alpha value is -2.50. The number of benzene rings is 2. The molecule has 5 nitrogen and oxygen atoms in total. The van der Waals surface area contributed by atoms with E-state index in [-0.39, 0.29) is 5.91 Å². The third kappa shape index (κ3) is 3.15. The SMILES string of the molecule is COc1ccc2c(c1)CCCN2C(=O)c1c(-c2c(Cl)cccc2Cl)noc1C. The third-order valence-corrected chi connectivity index (χ3v) is 5.56. The maximum Gasteiger partial charge on any atom is 0.264 e.